The summed E-state index contributed by atoms with van der Waals surface area (Å²) in [4.78, 5) is 47.7. The van der Waals surface area contributed by atoms with Gasteiger partial charge in [0.15, 0.2) is 0 Å². The van der Waals surface area contributed by atoms with Crippen molar-refractivity contribution >= 4 is 34.4 Å². The van der Waals surface area contributed by atoms with E-state index in [4.69, 9.17) is 4.74 Å². The zero-order valence-electron chi connectivity index (χ0n) is 21.9. The van der Waals surface area contributed by atoms with Gasteiger partial charge < -0.3 is 15.0 Å². The van der Waals surface area contributed by atoms with Gasteiger partial charge in [-0.25, -0.2) is 9.69 Å². The van der Waals surface area contributed by atoms with Gasteiger partial charge in [-0.1, -0.05) is 60.2 Å². The molecule has 1 aromatic heterocycles. The Morgan fingerprint density at radius 2 is 1.77 bits per heavy atom. The molecular formula is C31H30N4O4. The first-order chi connectivity index (χ1) is 19.0. The predicted octanol–water partition coefficient (Wildman–Crippen LogP) is 4.73. The Balaban J connectivity index is 1.42. The minimum absolute atomic E-state index is 0.285. The quantitative estimate of drug-likeness (QED) is 0.271. The summed E-state index contributed by atoms with van der Waals surface area (Å²) < 4.78 is 5.06. The van der Waals surface area contributed by atoms with E-state index in [-0.39, 0.29) is 17.4 Å². The van der Waals surface area contributed by atoms with Gasteiger partial charge in [0.1, 0.15) is 12.1 Å². The molecule has 1 fully saturated rings. The number of hydrogen-bond donors (Lipinski definition) is 2. The highest BCUT2D eigenvalue weighted by Gasteiger charge is 2.53. The zero-order valence-corrected chi connectivity index (χ0v) is 21.9. The number of H-pyrrole nitrogens is 1. The van der Waals surface area contributed by atoms with Crippen LogP contribution in [0.5, 0.6) is 0 Å². The van der Waals surface area contributed by atoms with Crippen molar-refractivity contribution in [3.05, 3.63) is 101 Å². The number of aromatic nitrogens is 1. The van der Waals surface area contributed by atoms with E-state index in [1.54, 1.807) is 36.3 Å². The first kappa shape index (κ1) is 24.9. The Kier molecular flexibility index (Phi) is 6.40. The number of methoxy groups -OCH3 is 1. The third-order valence-electron chi connectivity index (χ3n) is 7.64. The Labute approximate surface area is 226 Å². The van der Waals surface area contributed by atoms with Crippen LogP contribution < -0.4 is 10.2 Å². The molecule has 0 saturated carbocycles. The van der Waals surface area contributed by atoms with E-state index in [0.717, 1.165) is 33.3 Å². The SMILES string of the molecule is COCCCNC(=O)c1ccccc1N1C(=O)C2Cc3c([nH]c4ccccc34)C(c3ccc(C)cc3)N2C1=O. The summed E-state index contributed by atoms with van der Waals surface area (Å²) in [5, 5.41) is 3.93. The van der Waals surface area contributed by atoms with Crippen LogP contribution in [0.1, 0.15) is 45.2 Å². The lowest BCUT2D eigenvalue weighted by molar-refractivity contribution is -0.120. The first-order valence-corrected chi connectivity index (χ1v) is 13.2. The number of hydrogen-bond acceptors (Lipinski definition) is 4. The van der Waals surface area contributed by atoms with Crippen LogP contribution in [0.15, 0.2) is 72.8 Å². The van der Waals surface area contributed by atoms with Gasteiger partial charge in [0, 0.05) is 43.3 Å². The highest BCUT2D eigenvalue weighted by atomic mass is 16.5. The molecule has 6 rings (SSSR count). The molecule has 39 heavy (non-hydrogen) atoms. The molecule has 4 amide bonds. The van der Waals surface area contributed by atoms with Gasteiger partial charge in [-0.3, -0.25) is 14.5 Å². The van der Waals surface area contributed by atoms with E-state index in [0.29, 0.717) is 31.7 Å². The van der Waals surface area contributed by atoms with Gasteiger partial charge in [0.05, 0.1) is 11.3 Å². The van der Waals surface area contributed by atoms with Crippen molar-refractivity contribution in [2.75, 3.05) is 25.2 Å². The second-order valence-electron chi connectivity index (χ2n) is 10.1. The maximum Gasteiger partial charge on any atom is 0.332 e. The maximum absolute atomic E-state index is 14.2. The van der Waals surface area contributed by atoms with E-state index < -0.39 is 18.1 Å². The van der Waals surface area contributed by atoms with E-state index in [1.165, 1.54) is 4.90 Å². The van der Waals surface area contributed by atoms with Crippen LogP contribution >= 0.6 is 0 Å². The van der Waals surface area contributed by atoms with Crippen molar-refractivity contribution in [1.29, 1.82) is 0 Å². The molecule has 3 heterocycles. The summed E-state index contributed by atoms with van der Waals surface area (Å²) in [6.45, 7) is 2.97. The van der Waals surface area contributed by atoms with Gasteiger partial charge in [-0.05, 0) is 42.7 Å². The van der Waals surface area contributed by atoms with E-state index in [1.807, 2.05) is 49.4 Å². The molecule has 0 aliphatic carbocycles. The number of rotatable bonds is 7. The Hall–Kier alpha value is -4.43. The number of urea groups is 1. The number of carbonyl (C=O) groups excluding carboxylic acids is 3. The number of nitrogens with zero attached hydrogens (tertiary/aromatic N) is 2. The molecule has 198 valence electrons. The summed E-state index contributed by atoms with van der Waals surface area (Å²) in [5.74, 6) is -0.661. The Morgan fingerprint density at radius 1 is 1.03 bits per heavy atom. The number of fused-ring (bicyclic) bond motifs is 4. The summed E-state index contributed by atoms with van der Waals surface area (Å²) in [6, 6.07) is 21.3. The van der Waals surface area contributed by atoms with E-state index in [2.05, 4.69) is 16.4 Å². The van der Waals surface area contributed by atoms with Crippen LogP contribution in [0.4, 0.5) is 10.5 Å². The number of imide groups is 1. The number of ether oxygens (including phenoxy) is 1. The highest BCUT2D eigenvalue weighted by Crippen LogP contribution is 2.45. The summed E-state index contributed by atoms with van der Waals surface area (Å²) >= 11 is 0. The topological polar surface area (TPSA) is 94.7 Å². The molecule has 1 saturated heterocycles. The fraction of sp³-hybridized carbons (Fsp3) is 0.258. The third-order valence-corrected chi connectivity index (χ3v) is 7.64. The van der Waals surface area contributed by atoms with Crippen molar-refractivity contribution in [1.82, 2.24) is 15.2 Å². The van der Waals surface area contributed by atoms with Crippen molar-refractivity contribution in [2.45, 2.75) is 31.8 Å². The largest absolute Gasteiger partial charge is 0.385 e. The second kappa shape index (κ2) is 10.0. The molecule has 2 aliphatic heterocycles. The first-order valence-electron chi connectivity index (χ1n) is 13.2. The normalized spacial score (nSPS) is 18.4. The molecule has 2 unspecified atom stereocenters. The second-order valence-corrected chi connectivity index (χ2v) is 10.1. The average molecular weight is 523 g/mol. The number of nitrogens with one attached hydrogen (secondary N) is 2. The van der Waals surface area contributed by atoms with E-state index in [9.17, 15) is 14.4 Å². The number of para-hydroxylation sites is 2. The number of aryl methyl sites for hydroxylation is 1. The van der Waals surface area contributed by atoms with E-state index >= 15 is 0 Å². The minimum Gasteiger partial charge on any atom is -0.385 e. The molecule has 0 bridgehead atoms. The van der Waals surface area contributed by atoms with Crippen LogP contribution in [0.2, 0.25) is 0 Å². The van der Waals surface area contributed by atoms with Crippen LogP contribution in [0.3, 0.4) is 0 Å². The molecule has 3 aromatic carbocycles. The summed E-state index contributed by atoms with van der Waals surface area (Å²) in [7, 11) is 1.61. The Bertz CT molecular complexity index is 1580. The van der Waals surface area contributed by atoms with Crippen LogP contribution in [0, 0.1) is 6.92 Å². The van der Waals surface area contributed by atoms with Crippen molar-refractivity contribution in [3.63, 3.8) is 0 Å². The molecule has 0 radical (unpaired) electrons. The lowest BCUT2D eigenvalue weighted by Crippen LogP contribution is -2.44. The molecule has 8 nitrogen and oxygen atoms in total. The number of amides is 4. The lowest BCUT2D eigenvalue weighted by atomic mass is 9.88. The number of anilines is 1. The van der Waals surface area contributed by atoms with Gasteiger partial charge in [0.25, 0.3) is 11.8 Å². The van der Waals surface area contributed by atoms with Crippen LogP contribution in [-0.4, -0.2) is 54.0 Å². The van der Waals surface area contributed by atoms with Crippen molar-refractivity contribution < 1.29 is 19.1 Å². The predicted molar refractivity (Wildman–Crippen MR) is 149 cm³/mol. The number of aromatic amines is 1. The summed E-state index contributed by atoms with van der Waals surface area (Å²) in [6.07, 6.45) is 1.06. The highest BCUT2D eigenvalue weighted by molar-refractivity contribution is 6.24. The number of benzene rings is 3. The standard InChI is InChI=1S/C31H30N4O4/c1-19-12-14-20(15-13-19)28-27-23(21-8-3-5-10-24(21)33-27)18-26-30(37)35(31(38)34(26)28)25-11-6-4-9-22(25)29(36)32-16-7-17-39-2/h3-6,8-15,26,28,33H,7,16-18H2,1-2H3,(H,32,36). The van der Waals surface area contributed by atoms with Crippen LogP contribution in [-0.2, 0) is 16.0 Å². The van der Waals surface area contributed by atoms with Gasteiger partial charge in [0.2, 0.25) is 0 Å². The third kappa shape index (κ3) is 4.17. The van der Waals surface area contributed by atoms with Crippen molar-refractivity contribution in [2.24, 2.45) is 0 Å². The van der Waals surface area contributed by atoms with Gasteiger partial charge in [-0.15, -0.1) is 0 Å². The van der Waals surface area contributed by atoms with Gasteiger partial charge >= 0.3 is 6.03 Å². The molecule has 8 heteroatoms. The zero-order chi connectivity index (χ0) is 27.1. The summed E-state index contributed by atoms with van der Waals surface area (Å²) in [5.41, 5.74) is 5.56. The van der Waals surface area contributed by atoms with Crippen LogP contribution in [0.25, 0.3) is 10.9 Å². The smallest absolute Gasteiger partial charge is 0.332 e. The molecule has 0 spiro atoms. The monoisotopic (exact) mass is 522 g/mol. The minimum atomic E-state index is -0.687. The number of carbonyl (C=O) groups is 3. The fourth-order valence-corrected chi connectivity index (χ4v) is 5.77. The van der Waals surface area contributed by atoms with Crippen molar-refractivity contribution in [3.8, 4) is 0 Å². The fourth-order valence-electron chi connectivity index (χ4n) is 5.77. The van der Waals surface area contributed by atoms with Gasteiger partial charge in [-0.2, -0.15) is 0 Å². The molecule has 4 aromatic rings. The lowest BCUT2D eigenvalue weighted by Gasteiger charge is -2.36. The average Bonchev–Trinajstić information content (AvgIpc) is 3.44. The molecule has 2 N–H and O–H groups in total. The maximum atomic E-state index is 14.2. The molecule has 2 aliphatic rings. The molecular weight excluding hydrogens is 492 g/mol. The molecule has 2 atom stereocenters. The Morgan fingerprint density at radius 3 is 2.56 bits per heavy atom.